The van der Waals surface area contributed by atoms with Crippen LogP contribution in [0.15, 0.2) is 66.7 Å². The summed E-state index contributed by atoms with van der Waals surface area (Å²) in [5.74, 6) is 0.683. The molecule has 0 aromatic heterocycles. The lowest BCUT2D eigenvalue weighted by Crippen LogP contribution is -2.15. The van der Waals surface area contributed by atoms with Crippen molar-refractivity contribution < 1.29 is 27.8 Å². The number of carbonyl (C=O) groups excluding carboxylic acids is 2. The van der Waals surface area contributed by atoms with Gasteiger partial charge in [0.25, 0.3) is 5.91 Å². The Kier molecular flexibility index (Phi) is 6.77. The average molecular weight is 466 g/mol. The van der Waals surface area contributed by atoms with Gasteiger partial charge in [-0.25, -0.2) is 0 Å². The van der Waals surface area contributed by atoms with Gasteiger partial charge < -0.3 is 20.1 Å². The average Bonchev–Trinajstić information content (AvgIpc) is 3.57. The summed E-state index contributed by atoms with van der Waals surface area (Å²) >= 11 is 0. The van der Waals surface area contributed by atoms with E-state index in [-0.39, 0.29) is 23.5 Å². The first kappa shape index (κ1) is 23.2. The Morgan fingerprint density at radius 3 is 2.18 bits per heavy atom. The number of anilines is 2. The number of hydrogen-bond donors (Lipinski definition) is 2. The molecule has 0 heterocycles. The highest BCUT2D eigenvalue weighted by molar-refractivity contribution is 6.05. The van der Waals surface area contributed by atoms with E-state index < -0.39 is 6.61 Å². The zero-order valence-corrected chi connectivity index (χ0v) is 18.7. The van der Waals surface area contributed by atoms with Crippen molar-refractivity contribution in [2.24, 2.45) is 11.8 Å². The number of alkyl halides is 2. The molecule has 8 heteroatoms. The van der Waals surface area contributed by atoms with E-state index in [1.54, 1.807) is 54.6 Å². The van der Waals surface area contributed by atoms with E-state index in [0.717, 1.165) is 6.42 Å². The summed E-state index contributed by atoms with van der Waals surface area (Å²) in [4.78, 5) is 24.8. The Hall–Kier alpha value is -3.94. The van der Waals surface area contributed by atoms with Crippen molar-refractivity contribution in [2.75, 3.05) is 17.7 Å². The molecule has 2 atom stereocenters. The smallest absolute Gasteiger partial charge is 0.387 e. The summed E-state index contributed by atoms with van der Waals surface area (Å²) in [7, 11) is 1.53. The lowest BCUT2D eigenvalue weighted by molar-refractivity contribution is -0.117. The predicted molar refractivity (Wildman–Crippen MR) is 125 cm³/mol. The van der Waals surface area contributed by atoms with Gasteiger partial charge in [-0.3, -0.25) is 9.59 Å². The maximum Gasteiger partial charge on any atom is 0.387 e. The molecule has 1 aliphatic rings. The van der Waals surface area contributed by atoms with Crippen LogP contribution in [0.1, 0.15) is 23.7 Å². The van der Waals surface area contributed by atoms with E-state index in [9.17, 15) is 18.4 Å². The topological polar surface area (TPSA) is 76.7 Å². The van der Waals surface area contributed by atoms with Crippen LogP contribution >= 0.6 is 0 Å². The summed E-state index contributed by atoms with van der Waals surface area (Å²) in [6.45, 7) is -0.955. The van der Waals surface area contributed by atoms with Crippen molar-refractivity contribution in [2.45, 2.75) is 20.0 Å². The summed E-state index contributed by atoms with van der Waals surface area (Å²) in [5.41, 5.74) is 2.44. The van der Waals surface area contributed by atoms with Crippen LogP contribution < -0.4 is 20.1 Å². The highest BCUT2D eigenvalue weighted by Crippen LogP contribution is 2.38. The first-order valence-electron chi connectivity index (χ1n) is 10.8. The zero-order valence-electron chi connectivity index (χ0n) is 18.7. The largest absolute Gasteiger partial charge is 0.497 e. The molecule has 34 heavy (non-hydrogen) atoms. The maximum absolute atomic E-state index is 12.9. The van der Waals surface area contributed by atoms with Gasteiger partial charge in [0.15, 0.2) is 0 Å². The second-order valence-corrected chi connectivity index (χ2v) is 8.16. The molecule has 2 amide bonds. The number of rotatable bonds is 8. The number of methoxy groups -OCH3 is 1. The molecule has 176 valence electrons. The van der Waals surface area contributed by atoms with Gasteiger partial charge in [-0.05, 0) is 72.5 Å². The lowest BCUT2D eigenvalue weighted by atomic mass is 10.0. The molecule has 1 aliphatic carbocycles. The van der Waals surface area contributed by atoms with Gasteiger partial charge in [0, 0.05) is 28.4 Å². The van der Waals surface area contributed by atoms with E-state index in [1.807, 2.05) is 6.92 Å². The standard InChI is InChI=1S/C26H24F2N2O4/c1-15-13-21(15)25(32)29-18-7-3-17(4-8-18)24(31)30-19-9-12-23(34-26(27)28)22(14-19)16-5-10-20(33-2)11-6-16/h3-12,14-15,21,26H,13H2,1-2H3,(H,29,32)(H,30,31). The van der Waals surface area contributed by atoms with Gasteiger partial charge in [-0.15, -0.1) is 0 Å². The van der Waals surface area contributed by atoms with Crippen molar-refractivity contribution in [3.63, 3.8) is 0 Å². The predicted octanol–water partition coefficient (Wildman–Crippen LogP) is 5.81. The van der Waals surface area contributed by atoms with Gasteiger partial charge in [0.05, 0.1) is 7.11 Å². The lowest BCUT2D eigenvalue weighted by Gasteiger charge is -2.14. The van der Waals surface area contributed by atoms with Crippen molar-refractivity contribution >= 4 is 23.2 Å². The fourth-order valence-electron chi connectivity index (χ4n) is 3.63. The molecule has 3 aromatic rings. The summed E-state index contributed by atoms with van der Waals surface area (Å²) < 4.78 is 35.6. The van der Waals surface area contributed by atoms with Gasteiger partial charge in [0.1, 0.15) is 11.5 Å². The Balaban J connectivity index is 1.50. The Labute approximate surface area is 195 Å². The molecule has 2 N–H and O–H groups in total. The van der Waals surface area contributed by atoms with E-state index in [2.05, 4.69) is 15.4 Å². The number of halogens is 2. The molecule has 6 nitrogen and oxygen atoms in total. The quantitative estimate of drug-likeness (QED) is 0.439. The fourth-order valence-corrected chi connectivity index (χ4v) is 3.63. The van der Waals surface area contributed by atoms with Gasteiger partial charge in [-0.1, -0.05) is 19.1 Å². The van der Waals surface area contributed by atoms with Crippen LogP contribution in [-0.4, -0.2) is 25.5 Å². The number of amides is 2. The molecule has 1 saturated carbocycles. The molecule has 0 spiro atoms. The fraction of sp³-hybridized carbons (Fsp3) is 0.231. The number of benzene rings is 3. The maximum atomic E-state index is 12.9. The zero-order chi connectivity index (χ0) is 24.2. The van der Waals surface area contributed by atoms with Crippen LogP contribution in [0.2, 0.25) is 0 Å². The molecule has 0 radical (unpaired) electrons. The molecule has 4 rings (SSSR count). The highest BCUT2D eigenvalue weighted by Gasteiger charge is 2.39. The van der Waals surface area contributed by atoms with Crippen molar-refractivity contribution in [3.8, 4) is 22.6 Å². The minimum Gasteiger partial charge on any atom is -0.497 e. The molecule has 0 aliphatic heterocycles. The van der Waals surface area contributed by atoms with Gasteiger partial charge in [0.2, 0.25) is 5.91 Å². The van der Waals surface area contributed by atoms with E-state index >= 15 is 0 Å². The van der Waals surface area contributed by atoms with Gasteiger partial charge in [-0.2, -0.15) is 8.78 Å². The van der Waals surface area contributed by atoms with Crippen molar-refractivity contribution in [1.29, 1.82) is 0 Å². The third kappa shape index (κ3) is 5.51. The van der Waals surface area contributed by atoms with Crippen molar-refractivity contribution in [3.05, 3.63) is 72.3 Å². The minimum atomic E-state index is -2.99. The van der Waals surface area contributed by atoms with Crippen LogP contribution in [0.4, 0.5) is 20.2 Å². The molecular formula is C26H24F2N2O4. The number of ether oxygens (including phenoxy) is 2. The van der Waals surface area contributed by atoms with Crippen molar-refractivity contribution in [1.82, 2.24) is 0 Å². The van der Waals surface area contributed by atoms with E-state index in [0.29, 0.717) is 39.7 Å². The highest BCUT2D eigenvalue weighted by atomic mass is 19.3. The second-order valence-electron chi connectivity index (χ2n) is 8.16. The number of hydrogen-bond acceptors (Lipinski definition) is 4. The molecule has 3 aromatic carbocycles. The van der Waals surface area contributed by atoms with E-state index in [1.165, 1.54) is 19.2 Å². The third-order valence-corrected chi connectivity index (χ3v) is 5.72. The SMILES string of the molecule is COc1ccc(-c2cc(NC(=O)c3ccc(NC(=O)C4CC4C)cc3)ccc2OC(F)F)cc1. The van der Waals surface area contributed by atoms with Crippen LogP contribution in [0.3, 0.4) is 0 Å². The normalized spacial score (nSPS) is 16.6. The third-order valence-electron chi connectivity index (χ3n) is 5.72. The molecular weight excluding hydrogens is 442 g/mol. The number of nitrogens with one attached hydrogen (secondary N) is 2. The van der Waals surface area contributed by atoms with Crippen LogP contribution in [0.25, 0.3) is 11.1 Å². The Morgan fingerprint density at radius 1 is 0.941 bits per heavy atom. The summed E-state index contributed by atoms with van der Waals surface area (Å²) in [6, 6.07) is 17.9. The Morgan fingerprint density at radius 2 is 1.59 bits per heavy atom. The van der Waals surface area contributed by atoms with E-state index in [4.69, 9.17) is 4.74 Å². The molecule has 1 fully saturated rings. The van der Waals surface area contributed by atoms with Crippen LogP contribution in [0, 0.1) is 11.8 Å². The molecule has 0 saturated heterocycles. The number of carbonyl (C=O) groups is 2. The summed E-state index contributed by atoms with van der Waals surface area (Å²) in [6.07, 6.45) is 0.895. The first-order chi connectivity index (χ1) is 16.3. The minimum absolute atomic E-state index is 0.0109. The van der Waals surface area contributed by atoms with Crippen LogP contribution in [0.5, 0.6) is 11.5 Å². The molecule has 0 bridgehead atoms. The summed E-state index contributed by atoms with van der Waals surface area (Å²) in [5, 5.41) is 5.62. The Bertz CT molecular complexity index is 1180. The second kappa shape index (κ2) is 9.91. The van der Waals surface area contributed by atoms with Gasteiger partial charge >= 0.3 is 6.61 Å². The van der Waals surface area contributed by atoms with Crippen LogP contribution in [-0.2, 0) is 4.79 Å². The first-order valence-corrected chi connectivity index (χ1v) is 10.8. The molecule has 2 unspecified atom stereocenters. The monoisotopic (exact) mass is 466 g/mol.